The third-order valence-corrected chi connectivity index (χ3v) is 4.71. The zero-order valence-corrected chi connectivity index (χ0v) is 14.6. The van der Waals surface area contributed by atoms with E-state index < -0.39 is 0 Å². The predicted octanol–water partition coefficient (Wildman–Crippen LogP) is 4.78. The van der Waals surface area contributed by atoms with Gasteiger partial charge in [-0.1, -0.05) is 54.1 Å². The Morgan fingerprint density at radius 2 is 1.67 bits per heavy atom. The average molecular weight is 341 g/mol. The van der Waals surface area contributed by atoms with Gasteiger partial charge < -0.3 is 9.73 Å². The van der Waals surface area contributed by atoms with Crippen molar-refractivity contribution in [3.05, 3.63) is 94.9 Å². The number of benzene rings is 2. The Hall–Kier alpha value is -2.03. The third kappa shape index (κ3) is 4.28. The molecule has 2 N–H and O–H groups in total. The first-order valence-corrected chi connectivity index (χ1v) is 8.79. The molecule has 2 atom stereocenters. The molecule has 124 valence electrons. The number of halogens is 1. The Labute approximate surface area is 148 Å². The predicted molar refractivity (Wildman–Crippen MR) is 98.3 cm³/mol. The van der Waals surface area contributed by atoms with Gasteiger partial charge in [-0.2, -0.15) is 0 Å². The van der Waals surface area contributed by atoms with Crippen LogP contribution in [-0.4, -0.2) is 6.54 Å². The van der Waals surface area contributed by atoms with E-state index in [4.69, 9.17) is 16.0 Å². The molecule has 0 radical (unpaired) electrons. The van der Waals surface area contributed by atoms with Gasteiger partial charge in [0.15, 0.2) is 0 Å². The molecule has 3 aromatic rings. The normalized spacial score (nSPS) is 13.6. The fourth-order valence-corrected chi connectivity index (χ4v) is 3.19. The molecule has 2 aromatic carbocycles. The van der Waals surface area contributed by atoms with Crippen LogP contribution >= 0.6 is 11.6 Å². The molecule has 0 saturated carbocycles. The van der Waals surface area contributed by atoms with Crippen LogP contribution < -0.4 is 5.32 Å². The van der Waals surface area contributed by atoms with Crippen LogP contribution in [0.2, 0.25) is 5.02 Å². The van der Waals surface area contributed by atoms with Crippen LogP contribution in [-0.2, 0) is 0 Å². The summed E-state index contributed by atoms with van der Waals surface area (Å²) in [7, 11) is 0. The molecule has 0 fully saturated rings. The quantitative estimate of drug-likeness (QED) is 0.659. The highest BCUT2D eigenvalue weighted by Crippen LogP contribution is 2.27. The van der Waals surface area contributed by atoms with E-state index in [1.807, 2.05) is 18.2 Å². The van der Waals surface area contributed by atoms with E-state index >= 15 is 0 Å². The summed E-state index contributed by atoms with van der Waals surface area (Å²) in [6, 6.07) is 23.1. The number of hydrogen-bond donors (Lipinski definition) is 1. The zero-order chi connectivity index (χ0) is 16.8. The first kappa shape index (κ1) is 16.8. The van der Waals surface area contributed by atoms with Gasteiger partial charge in [0.25, 0.3) is 0 Å². The lowest BCUT2D eigenvalue weighted by Crippen LogP contribution is -2.84. The SMILES string of the molecule is C[C@H]([NH2+]CC[C@@H](c1ccccc1)c1ccco1)c1ccc(Cl)cc1. The van der Waals surface area contributed by atoms with Crippen molar-refractivity contribution in [3.63, 3.8) is 0 Å². The largest absolute Gasteiger partial charge is 0.469 e. The van der Waals surface area contributed by atoms with Crippen LogP contribution in [0.25, 0.3) is 0 Å². The summed E-state index contributed by atoms with van der Waals surface area (Å²) >= 11 is 5.97. The molecule has 0 bridgehead atoms. The summed E-state index contributed by atoms with van der Waals surface area (Å²) in [6.07, 6.45) is 2.79. The second-order valence-electron chi connectivity index (χ2n) is 6.13. The first-order chi connectivity index (χ1) is 11.7. The van der Waals surface area contributed by atoms with Gasteiger partial charge in [0, 0.05) is 22.9 Å². The minimum atomic E-state index is 0.301. The number of hydrogen-bond acceptors (Lipinski definition) is 1. The number of quaternary nitrogens is 1. The lowest BCUT2D eigenvalue weighted by molar-refractivity contribution is -0.693. The third-order valence-electron chi connectivity index (χ3n) is 4.46. The van der Waals surface area contributed by atoms with Crippen LogP contribution in [0, 0.1) is 0 Å². The molecule has 3 heteroatoms. The molecule has 0 saturated heterocycles. The van der Waals surface area contributed by atoms with E-state index in [0.717, 1.165) is 23.7 Å². The van der Waals surface area contributed by atoms with E-state index in [0.29, 0.717) is 12.0 Å². The summed E-state index contributed by atoms with van der Waals surface area (Å²) in [5, 5.41) is 3.16. The van der Waals surface area contributed by atoms with E-state index in [-0.39, 0.29) is 0 Å². The summed E-state index contributed by atoms with van der Waals surface area (Å²) in [4.78, 5) is 0. The smallest absolute Gasteiger partial charge is 0.111 e. The van der Waals surface area contributed by atoms with Crippen molar-refractivity contribution in [2.24, 2.45) is 0 Å². The van der Waals surface area contributed by atoms with Gasteiger partial charge >= 0.3 is 0 Å². The maximum atomic E-state index is 5.97. The fourth-order valence-electron chi connectivity index (χ4n) is 3.06. The van der Waals surface area contributed by atoms with Crippen LogP contribution in [0.4, 0.5) is 0 Å². The molecule has 1 aromatic heterocycles. The van der Waals surface area contributed by atoms with E-state index in [2.05, 4.69) is 60.8 Å². The molecule has 0 aliphatic rings. The van der Waals surface area contributed by atoms with Gasteiger partial charge in [0.1, 0.15) is 11.8 Å². The Balaban J connectivity index is 1.63. The van der Waals surface area contributed by atoms with Crippen LogP contribution in [0.15, 0.2) is 77.4 Å². The van der Waals surface area contributed by atoms with Crippen molar-refractivity contribution in [3.8, 4) is 0 Å². The number of furan rings is 1. The molecule has 0 amide bonds. The second kappa shape index (κ2) is 8.18. The van der Waals surface area contributed by atoms with Crippen molar-refractivity contribution in [1.29, 1.82) is 0 Å². The average Bonchev–Trinajstić information content (AvgIpc) is 3.14. The summed E-state index contributed by atoms with van der Waals surface area (Å²) < 4.78 is 5.68. The van der Waals surface area contributed by atoms with Crippen LogP contribution in [0.1, 0.15) is 42.2 Å². The Bertz CT molecular complexity index is 722. The number of rotatable bonds is 7. The van der Waals surface area contributed by atoms with Gasteiger partial charge in [-0.15, -0.1) is 0 Å². The van der Waals surface area contributed by atoms with Crippen molar-refractivity contribution >= 4 is 11.6 Å². The summed E-state index contributed by atoms with van der Waals surface area (Å²) in [5.41, 5.74) is 2.61. The highest BCUT2D eigenvalue weighted by atomic mass is 35.5. The molecular weight excluding hydrogens is 318 g/mol. The highest BCUT2D eigenvalue weighted by Gasteiger charge is 2.18. The standard InChI is InChI=1S/C21H22ClNO/c1-16(17-9-11-19(22)12-10-17)23-14-13-20(21-8-5-15-24-21)18-6-3-2-4-7-18/h2-12,15-16,20,23H,13-14H2,1H3/p+1/t16-,20-/m0/s1. The Morgan fingerprint density at radius 3 is 2.33 bits per heavy atom. The molecule has 24 heavy (non-hydrogen) atoms. The minimum absolute atomic E-state index is 0.301. The van der Waals surface area contributed by atoms with Crippen molar-refractivity contribution in [2.45, 2.75) is 25.3 Å². The van der Waals surface area contributed by atoms with E-state index in [1.165, 1.54) is 11.1 Å². The molecule has 0 spiro atoms. The van der Waals surface area contributed by atoms with Gasteiger partial charge in [0.2, 0.25) is 0 Å². The van der Waals surface area contributed by atoms with E-state index in [1.54, 1.807) is 6.26 Å². The fraction of sp³-hybridized carbons (Fsp3) is 0.238. The van der Waals surface area contributed by atoms with Crippen molar-refractivity contribution in [2.75, 3.05) is 6.54 Å². The van der Waals surface area contributed by atoms with Gasteiger partial charge in [-0.25, -0.2) is 0 Å². The molecule has 2 nitrogen and oxygen atoms in total. The topological polar surface area (TPSA) is 29.8 Å². The van der Waals surface area contributed by atoms with Gasteiger partial charge in [-0.05, 0) is 36.8 Å². The highest BCUT2D eigenvalue weighted by molar-refractivity contribution is 6.30. The van der Waals surface area contributed by atoms with E-state index in [9.17, 15) is 0 Å². The maximum absolute atomic E-state index is 5.97. The monoisotopic (exact) mass is 340 g/mol. The van der Waals surface area contributed by atoms with Crippen molar-refractivity contribution < 1.29 is 9.73 Å². The molecule has 3 rings (SSSR count). The first-order valence-electron chi connectivity index (χ1n) is 8.41. The second-order valence-corrected chi connectivity index (χ2v) is 6.57. The minimum Gasteiger partial charge on any atom is -0.469 e. The summed E-state index contributed by atoms with van der Waals surface area (Å²) in [5.74, 6) is 1.34. The lowest BCUT2D eigenvalue weighted by atomic mass is 9.93. The maximum Gasteiger partial charge on any atom is 0.111 e. The number of nitrogens with two attached hydrogens (primary N) is 1. The molecule has 0 aliphatic heterocycles. The molecule has 1 heterocycles. The van der Waals surface area contributed by atoms with Crippen LogP contribution in [0.3, 0.4) is 0 Å². The summed E-state index contributed by atoms with van der Waals surface area (Å²) in [6.45, 7) is 3.26. The molecule has 0 aliphatic carbocycles. The Morgan fingerprint density at radius 1 is 0.917 bits per heavy atom. The van der Waals surface area contributed by atoms with Crippen molar-refractivity contribution in [1.82, 2.24) is 0 Å². The lowest BCUT2D eigenvalue weighted by Gasteiger charge is -2.16. The van der Waals surface area contributed by atoms with Crippen LogP contribution in [0.5, 0.6) is 0 Å². The van der Waals surface area contributed by atoms with Gasteiger partial charge in [-0.3, -0.25) is 0 Å². The van der Waals surface area contributed by atoms with Gasteiger partial charge in [0.05, 0.1) is 12.8 Å². The molecular formula is C21H23ClNO+. The molecule has 0 unspecified atom stereocenters. The zero-order valence-electron chi connectivity index (χ0n) is 13.9. The Kier molecular flexibility index (Phi) is 5.73.